The van der Waals surface area contributed by atoms with Crippen LogP contribution in [0.2, 0.25) is 0 Å². The summed E-state index contributed by atoms with van der Waals surface area (Å²) in [5.74, 6) is 0.229. The van der Waals surface area contributed by atoms with Crippen molar-refractivity contribution in [1.29, 1.82) is 0 Å². The first-order chi connectivity index (χ1) is 4.34. The zero-order valence-corrected chi connectivity index (χ0v) is 5.13. The minimum atomic E-state index is 0.229. The lowest BCUT2D eigenvalue weighted by molar-refractivity contribution is 0.477. The molecule has 1 heterocycles. The van der Waals surface area contributed by atoms with Crippen molar-refractivity contribution in [1.82, 2.24) is 4.98 Å². The van der Waals surface area contributed by atoms with Crippen molar-refractivity contribution in [3.8, 4) is 5.75 Å². The van der Waals surface area contributed by atoms with Gasteiger partial charge >= 0.3 is 0 Å². The lowest BCUT2D eigenvalue weighted by Crippen LogP contribution is -1.87. The average Bonchev–Trinajstić information content (AvgIpc) is 1.89. The van der Waals surface area contributed by atoms with Crippen molar-refractivity contribution < 1.29 is 5.11 Å². The molecule has 1 aromatic rings. The van der Waals surface area contributed by atoms with Gasteiger partial charge in [0, 0.05) is 19.3 Å². The molecule has 0 saturated carbocycles. The Morgan fingerprint density at radius 1 is 1.67 bits per heavy atom. The summed E-state index contributed by atoms with van der Waals surface area (Å²) < 4.78 is 0. The third-order valence-electron chi connectivity index (χ3n) is 1.07. The van der Waals surface area contributed by atoms with Crippen LogP contribution >= 0.6 is 0 Å². The third kappa shape index (κ3) is 1.10. The number of nitrogens with zero attached hydrogens (tertiary/aromatic N) is 1. The molecule has 9 heavy (non-hydrogen) atoms. The second-order valence-corrected chi connectivity index (χ2v) is 1.64. The van der Waals surface area contributed by atoms with Gasteiger partial charge in [-0.3, -0.25) is 4.98 Å². The minimum absolute atomic E-state index is 0.229. The number of aromatic nitrogens is 1. The van der Waals surface area contributed by atoms with Crippen molar-refractivity contribution in [2.45, 2.75) is 0 Å². The summed E-state index contributed by atoms with van der Waals surface area (Å²) in [4.78, 5) is 3.79. The van der Waals surface area contributed by atoms with Crippen LogP contribution in [0.25, 0.3) is 0 Å². The van der Waals surface area contributed by atoms with E-state index in [-0.39, 0.29) is 5.75 Å². The summed E-state index contributed by atoms with van der Waals surface area (Å²) in [6.45, 7) is 0. The van der Waals surface area contributed by atoms with Gasteiger partial charge < -0.3 is 10.4 Å². The highest BCUT2D eigenvalue weighted by Crippen LogP contribution is 2.18. The maximum absolute atomic E-state index is 9.01. The maximum atomic E-state index is 9.01. The van der Waals surface area contributed by atoms with Crippen LogP contribution in [0.15, 0.2) is 18.5 Å². The second kappa shape index (κ2) is 2.35. The van der Waals surface area contributed by atoms with Gasteiger partial charge in [-0.15, -0.1) is 0 Å². The molecule has 0 fully saturated rings. The van der Waals surface area contributed by atoms with Crippen LogP contribution in [0.3, 0.4) is 0 Å². The second-order valence-electron chi connectivity index (χ2n) is 1.64. The highest BCUT2D eigenvalue weighted by Gasteiger charge is 1.92. The molecule has 0 bridgehead atoms. The van der Waals surface area contributed by atoms with E-state index in [0.717, 1.165) is 0 Å². The van der Waals surface area contributed by atoms with E-state index >= 15 is 0 Å². The largest absolute Gasteiger partial charge is 0.506 e. The molecule has 0 aliphatic heterocycles. The fraction of sp³-hybridized carbons (Fsp3) is 0.167. The van der Waals surface area contributed by atoms with Gasteiger partial charge in [-0.05, 0) is 0 Å². The van der Waals surface area contributed by atoms with Crippen molar-refractivity contribution in [2.24, 2.45) is 0 Å². The smallest absolute Gasteiger partial charge is 0.141 e. The molecule has 0 unspecified atom stereocenters. The molecule has 0 radical (unpaired) electrons. The van der Waals surface area contributed by atoms with E-state index in [1.165, 1.54) is 12.3 Å². The van der Waals surface area contributed by atoms with Gasteiger partial charge in [-0.2, -0.15) is 0 Å². The van der Waals surface area contributed by atoms with Gasteiger partial charge in [0.2, 0.25) is 0 Å². The summed E-state index contributed by atoms with van der Waals surface area (Å²) in [5.41, 5.74) is 0.650. The Kier molecular flexibility index (Phi) is 1.53. The first-order valence-electron chi connectivity index (χ1n) is 2.65. The van der Waals surface area contributed by atoms with E-state index in [4.69, 9.17) is 5.11 Å². The average molecular weight is 124 g/mol. The number of anilines is 1. The molecule has 3 nitrogen and oxygen atoms in total. The van der Waals surface area contributed by atoms with Crippen LogP contribution < -0.4 is 5.32 Å². The van der Waals surface area contributed by atoms with Gasteiger partial charge in [0.05, 0.1) is 11.9 Å². The molecule has 3 heteroatoms. The molecule has 0 aromatic carbocycles. The predicted octanol–water partition coefficient (Wildman–Crippen LogP) is 0.829. The van der Waals surface area contributed by atoms with Crippen molar-refractivity contribution in [2.75, 3.05) is 12.4 Å². The van der Waals surface area contributed by atoms with Gasteiger partial charge in [-0.25, -0.2) is 0 Å². The molecule has 0 aliphatic rings. The normalized spacial score (nSPS) is 9.00. The minimum Gasteiger partial charge on any atom is -0.506 e. The molecule has 48 valence electrons. The van der Waals surface area contributed by atoms with E-state index in [0.29, 0.717) is 5.69 Å². The van der Waals surface area contributed by atoms with Crippen molar-refractivity contribution in [3.63, 3.8) is 0 Å². The zero-order chi connectivity index (χ0) is 6.69. The molecule has 0 spiro atoms. The highest BCUT2D eigenvalue weighted by molar-refractivity contribution is 5.52. The third-order valence-corrected chi connectivity index (χ3v) is 1.07. The summed E-state index contributed by atoms with van der Waals surface area (Å²) in [7, 11) is 1.73. The molecule has 1 rings (SSSR count). The molecule has 0 amide bonds. The Hall–Kier alpha value is -1.25. The number of nitrogens with one attached hydrogen (secondary N) is 1. The Morgan fingerprint density at radius 2 is 2.44 bits per heavy atom. The Balaban J connectivity index is 3.01. The van der Waals surface area contributed by atoms with Gasteiger partial charge in [0.25, 0.3) is 0 Å². The number of hydrogen-bond donors (Lipinski definition) is 2. The summed E-state index contributed by atoms with van der Waals surface area (Å²) >= 11 is 0. The van der Waals surface area contributed by atoms with Crippen molar-refractivity contribution >= 4 is 5.69 Å². The highest BCUT2D eigenvalue weighted by atomic mass is 16.3. The fourth-order valence-electron chi connectivity index (χ4n) is 0.580. The summed E-state index contributed by atoms with van der Waals surface area (Å²) in [5, 5.41) is 11.8. The zero-order valence-electron chi connectivity index (χ0n) is 5.13. The van der Waals surface area contributed by atoms with Crippen molar-refractivity contribution in [3.05, 3.63) is 18.5 Å². The van der Waals surface area contributed by atoms with E-state index in [1.54, 1.807) is 13.2 Å². The molecular formula is C6H8N2O. The Labute approximate surface area is 53.4 Å². The topological polar surface area (TPSA) is 45.2 Å². The number of hydrogen-bond acceptors (Lipinski definition) is 3. The van der Waals surface area contributed by atoms with Gasteiger partial charge in [0.1, 0.15) is 5.75 Å². The van der Waals surface area contributed by atoms with Crippen LogP contribution in [0.4, 0.5) is 5.69 Å². The molecule has 2 N–H and O–H groups in total. The molecule has 1 aromatic heterocycles. The van der Waals surface area contributed by atoms with Crippen LogP contribution in [-0.2, 0) is 0 Å². The Bertz CT molecular complexity index is 200. The number of aromatic hydroxyl groups is 1. The lowest BCUT2D eigenvalue weighted by atomic mass is 10.4. The lowest BCUT2D eigenvalue weighted by Gasteiger charge is -1.99. The fourth-order valence-corrected chi connectivity index (χ4v) is 0.580. The molecule has 0 saturated heterocycles. The first kappa shape index (κ1) is 5.88. The molecule has 0 atom stereocenters. The predicted molar refractivity (Wildman–Crippen MR) is 35.4 cm³/mol. The van der Waals surface area contributed by atoms with Gasteiger partial charge in [0.15, 0.2) is 0 Å². The molecule has 0 aliphatic carbocycles. The summed E-state index contributed by atoms with van der Waals surface area (Å²) in [6, 6.07) is 1.53. The van der Waals surface area contributed by atoms with E-state index < -0.39 is 0 Å². The molecular weight excluding hydrogens is 116 g/mol. The van der Waals surface area contributed by atoms with Crippen LogP contribution in [0.5, 0.6) is 5.75 Å². The number of pyridine rings is 1. The SMILES string of the molecule is CNc1cnccc1O. The van der Waals surface area contributed by atoms with Crippen LogP contribution in [-0.4, -0.2) is 17.1 Å². The quantitative estimate of drug-likeness (QED) is 0.582. The first-order valence-corrected chi connectivity index (χ1v) is 2.65. The van der Waals surface area contributed by atoms with Crippen LogP contribution in [0, 0.1) is 0 Å². The van der Waals surface area contributed by atoms with Crippen LogP contribution in [0.1, 0.15) is 0 Å². The van der Waals surface area contributed by atoms with Gasteiger partial charge in [-0.1, -0.05) is 0 Å². The van der Waals surface area contributed by atoms with E-state index in [9.17, 15) is 0 Å². The monoisotopic (exact) mass is 124 g/mol. The Morgan fingerprint density at radius 3 is 2.89 bits per heavy atom. The van der Waals surface area contributed by atoms with E-state index in [1.807, 2.05) is 0 Å². The number of rotatable bonds is 1. The maximum Gasteiger partial charge on any atom is 0.141 e. The summed E-state index contributed by atoms with van der Waals surface area (Å²) in [6.07, 6.45) is 3.10. The van der Waals surface area contributed by atoms with E-state index in [2.05, 4.69) is 10.3 Å². The standard InChI is InChI=1S/C6H8N2O/c1-7-5-4-8-3-2-6(5)9/h2-4,7H,1H3,(H,8,9).